The van der Waals surface area contributed by atoms with Crippen molar-refractivity contribution in [2.24, 2.45) is 0 Å². The van der Waals surface area contributed by atoms with Gasteiger partial charge in [0.15, 0.2) is 0 Å². The minimum Gasteiger partial charge on any atom is -0.0845 e. The Kier molecular flexibility index (Phi) is 5.87. The van der Waals surface area contributed by atoms with Crippen LogP contribution < -0.4 is 0 Å². The second-order valence-electron chi connectivity index (χ2n) is 3.22. The predicted octanol–water partition coefficient (Wildman–Crippen LogP) is 4.18. The summed E-state index contributed by atoms with van der Waals surface area (Å²) >= 11 is 0. The van der Waals surface area contributed by atoms with Crippen LogP contribution in [0.5, 0.6) is 0 Å². The molecule has 0 heterocycles. The largest absolute Gasteiger partial charge is 0.0845 e. The smallest absolute Gasteiger partial charge is 0.0313 e. The molecule has 70 valence electrons. The molecule has 13 heavy (non-hydrogen) atoms. The average Bonchev–Trinajstić information content (AvgIpc) is 2.18. The Morgan fingerprint density at radius 3 is 1.31 bits per heavy atom. The van der Waals surface area contributed by atoms with Crippen LogP contribution in [0, 0.1) is 0 Å². The maximum atomic E-state index is 2.25. The molecule has 1 rings (SSSR count). The highest BCUT2D eigenvalue weighted by Gasteiger charge is 1.80. The summed E-state index contributed by atoms with van der Waals surface area (Å²) in [5, 5.41) is 0. The van der Waals surface area contributed by atoms with Crippen LogP contribution >= 0.6 is 0 Å². The van der Waals surface area contributed by atoms with Crippen molar-refractivity contribution in [1.82, 2.24) is 0 Å². The number of rotatable bonds is 0. The summed E-state index contributed by atoms with van der Waals surface area (Å²) in [5.74, 6) is 0. The van der Waals surface area contributed by atoms with E-state index < -0.39 is 0 Å². The molecule has 1 aliphatic rings. The third kappa shape index (κ3) is 6.15. The summed E-state index contributed by atoms with van der Waals surface area (Å²) in [6, 6.07) is 0. The van der Waals surface area contributed by atoms with Gasteiger partial charge in [0.05, 0.1) is 0 Å². The van der Waals surface area contributed by atoms with Gasteiger partial charge in [-0.2, -0.15) is 0 Å². The van der Waals surface area contributed by atoms with E-state index in [0.717, 1.165) is 12.8 Å². The monoisotopic (exact) mass is 174 g/mol. The van der Waals surface area contributed by atoms with Crippen molar-refractivity contribution in [3.8, 4) is 0 Å². The molecule has 0 N–H and O–H groups in total. The molecule has 0 spiro atoms. The van der Waals surface area contributed by atoms with Gasteiger partial charge in [0, 0.05) is 0 Å². The summed E-state index contributed by atoms with van der Waals surface area (Å²) < 4.78 is 0. The van der Waals surface area contributed by atoms with E-state index in [1.807, 2.05) is 0 Å². The van der Waals surface area contributed by atoms with Gasteiger partial charge in [0.25, 0.3) is 0 Å². The first-order valence-corrected chi connectivity index (χ1v) is 5.13. The van der Waals surface area contributed by atoms with Crippen molar-refractivity contribution in [2.45, 2.75) is 32.1 Å². The molecule has 0 nitrogen and oxygen atoms in total. The van der Waals surface area contributed by atoms with Crippen LogP contribution in [-0.2, 0) is 0 Å². The van der Waals surface area contributed by atoms with Gasteiger partial charge in [0.1, 0.15) is 0 Å². The molecule has 0 amide bonds. The van der Waals surface area contributed by atoms with Crippen LogP contribution in [-0.4, -0.2) is 0 Å². The third-order valence-corrected chi connectivity index (χ3v) is 2.01. The molecule has 0 saturated carbocycles. The average molecular weight is 174 g/mol. The predicted molar refractivity (Wildman–Crippen MR) is 59.6 cm³/mol. The minimum absolute atomic E-state index is 1.15. The van der Waals surface area contributed by atoms with E-state index in [-0.39, 0.29) is 0 Å². The Bertz CT molecular complexity index is 192. The van der Waals surface area contributed by atoms with E-state index in [0.29, 0.717) is 0 Å². The molecule has 0 radical (unpaired) electrons. The molecule has 0 atom stereocenters. The minimum atomic E-state index is 1.15. The van der Waals surface area contributed by atoms with Crippen molar-refractivity contribution in [2.75, 3.05) is 0 Å². The number of hydrogen-bond acceptors (Lipinski definition) is 0. The highest BCUT2D eigenvalue weighted by molar-refractivity contribution is 5.06. The third-order valence-electron chi connectivity index (χ3n) is 2.01. The summed E-state index contributed by atoms with van der Waals surface area (Å²) in [6.07, 6.45) is 23.5. The zero-order valence-corrected chi connectivity index (χ0v) is 8.15. The van der Waals surface area contributed by atoms with Crippen molar-refractivity contribution >= 4 is 0 Å². The molecular formula is C13H18. The zero-order chi connectivity index (χ0) is 9.19. The standard InChI is InChI=1S/C13H18/c1-2-4-6-8-10-12-13-11-9-7-5-3-1/h1-4,9,11-13H,5-8,10H2/b3-1-,4-2+,11-9+,13-12-. The van der Waals surface area contributed by atoms with Gasteiger partial charge in [-0.3, -0.25) is 0 Å². The van der Waals surface area contributed by atoms with Gasteiger partial charge in [-0.05, 0) is 32.1 Å². The van der Waals surface area contributed by atoms with E-state index in [2.05, 4.69) is 48.6 Å². The molecule has 0 aromatic rings. The molecule has 0 aromatic heterocycles. The Balaban J connectivity index is 2.38. The van der Waals surface area contributed by atoms with Crippen LogP contribution in [0.1, 0.15) is 32.1 Å². The highest BCUT2D eigenvalue weighted by Crippen LogP contribution is 2.00. The van der Waals surface area contributed by atoms with Gasteiger partial charge in [0.2, 0.25) is 0 Å². The van der Waals surface area contributed by atoms with E-state index in [1.54, 1.807) is 0 Å². The van der Waals surface area contributed by atoms with Crippen LogP contribution in [0.25, 0.3) is 0 Å². The van der Waals surface area contributed by atoms with Crippen molar-refractivity contribution < 1.29 is 0 Å². The van der Waals surface area contributed by atoms with Crippen molar-refractivity contribution in [3.63, 3.8) is 0 Å². The Morgan fingerprint density at radius 2 is 0.846 bits per heavy atom. The molecule has 0 saturated heterocycles. The fourth-order valence-corrected chi connectivity index (χ4v) is 1.25. The molecule has 0 aromatic carbocycles. The lowest BCUT2D eigenvalue weighted by atomic mass is 10.2. The van der Waals surface area contributed by atoms with E-state index >= 15 is 0 Å². The lowest BCUT2D eigenvalue weighted by molar-refractivity contribution is 0.868. The second-order valence-corrected chi connectivity index (χ2v) is 3.22. The van der Waals surface area contributed by atoms with Crippen LogP contribution in [0.4, 0.5) is 0 Å². The summed E-state index contributed by atoms with van der Waals surface area (Å²) in [6.45, 7) is 0. The van der Waals surface area contributed by atoms with E-state index in [1.165, 1.54) is 19.3 Å². The van der Waals surface area contributed by atoms with Crippen LogP contribution in [0.15, 0.2) is 48.6 Å². The molecule has 0 fully saturated rings. The summed E-state index contributed by atoms with van der Waals surface area (Å²) in [5.41, 5.74) is 0. The topological polar surface area (TPSA) is 0 Å². The van der Waals surface area contributed by atoms with Crippen LogP contribution in [0.3, 0.4) is 0 Å². The first-order chi connectivity index (χ1) is 6.50. The Hall–Kier alpha value is -1.04. The molecular weight excluding hydrogens is 156 g/mol. The summed E-state index contributed by atoms with van der Waals surface area (Å²) in [4.78, 5) is 0. The maximum Gasteiger partial charge on any atom is -0.0313 e. The summed E-state index contributed by atoms with van der Waals surface area (Å²) in [7, 11) is 0. The Labute approximate surface area is 81.4 Å². The van der Waals surface area contributed by atoms with Crippen molar-refractivity contribution in [1.29, 1.82) is 0 Å². The SMILES string of the molecule is C1=C\CCC/C=C/C=C\CC/C=C/1. The molecule has 0 aliphatic heterocycles. The number of hydrogen-bond donors (Lipinski definition) is 0. The van der Waals surface area contributed by atoms with Gasteiger partial charge < -0.3 is 0 Å². The quantitative estimate of drug-likeness (QED) is 0.517. The molecule has 0 bridgehead atoms. The molecule has 0 unspecified atom stereocenters. The molecule has 1 aliphatic carbocycles. The second kappa shape index (κ2) is 7.60. The normalized spacial score (nSPS) is 28.9. The van der Waals surface area contributed by atoms with Crippen molar-refractivity contribution in [3.05, 3.63) is 48.6 Å². The lowest BCUT2D eigenvalue weighted by Crippen LogP contribution is -1.67. The maximum absolute atomic E-state index is 2.25. The Morgan fingerprint density at radius 1 is 0.462 bits per heavy atom. The molecule has 0 heteroatoms. The fraction of sp³-hybridized carbons (Fsp3) is 0.385. The first kappa shape index (κ1) is 10.0. The van der Waals surface area contributed by atoms with Gasteiger partial charge in [-0.15, -0.1) is 0 Å². The highest BCUT2D eigenvalue weighted by atomic mass is 13.9. The first-order valence-electron chi connectivity index (χ1n) is 5.13. The number of allylic oxidation sites excluding steroid dienone is 8. The fourth-order valence-electron chi connectivity index (χ4n) is 1.25. The van der Waals surface area contributed by atoms with Gasteiger partial charge in [-0.25, -0.2) is 0 Å². The van der Waals surface area contributed by atoms with E-state index in [4.69, 9.17) is 0 Å². The van der Waals surface area contributed by atoms with E-state index in [9.17, 15) is 0 Å². The lowest BCUT2D eigenvalue weighted by Gasteiger charge is -1.87. The van der Waals surface area contributed by atoms with Gasteiger partial charge >= 0.3 is 0 Å². The van der Waals surface area contributed by atoms with Crippen LogP contribution in [0.2, 0.25) is 0 Å². The van der Waals surface area contributed by atoms with Gasteiger partial charge in [-0.1, -0.05) is 48.6 Å². The zero-order valence-electron chi connectivity index (χ0n) is 8.15.